The fourth-order valence-electron chi connectivity index (χ4n) is 0.661. The number of hydrogen-bond donors (Lipinski definition) is 0. The monoisotopic (exact) mass is 393 g/mol. The predicted molar refractivity (Wildman–Crippen MR) is 55.9 cm³/mol. The van der Waals surface area contributed by atoms with Crippen molar-refractivity contribution in [3.8, 4) is 0 Å². The Hall–Kier alpha value is 1.04. The van der Waals surface area contributed by atoms with Crippen LogP contribution in [0.5, 0.6) is 0 Å². The van der Waals surface area contributed by atoms with E-state index in [9.17, 15) is 0 Å². The van der Waals surface area contributed by atoms with Crippen LogP contribution in [0.2, 0.25) is 0 Å². The summed E-state index contributed by atoms with van der Waals surface area (Å²) in [5.74, 6) is 0. The molecule has 0 aromatic carbocycles. The van der Waals surface area contributed by atoms with E-state index in [0.29, 0.717) is 0 Å². The summed E-state index contributed by atoms with van der Waals surface area (Å²) in [5.41, 5.74) is 0. The van der Waals surface area contributed by atoms with Crippen LogP contribution in [0, 0.1) is 0 Å². The van der Waals surface area contributed by atoms with Gasteiger partial charge in [0.25, 0.3) is 0 Å². The van der Waals surface area contributed by atoms with E-state index in [4.69, 9.17) is 8.56 Å². The molecule has 0 aliphatic heterocycles. The van der Waals surface area contributed by atoms with Crippen molar-refractivity contribution < 1.29 is 31.3 Å². The summed E-state index contributed by atoms with van der Waals surface area (Å²) in [6.45, 7) is 12.1. The molecule has 0 aliphatic rings. The van der Waals surface area contributed by atoms with Gasteiger partial charge in [0.1, 0.15) is 0 Å². The molecule has 0 rings (SSSR count). The minimum Gasteiger partial charge on any atom is -0.147 e. The molecule has 0 aromatic heterocycles. The first-order valence-corrected chi connectivity index (χ1v) is 9.18. The van der Waals surface area contributed by atoms with E-state index in [1.807, 2.05) is 41.5 Å². The molecule has 0 unspecified atom stereocenters. The van der Waals surface area contributed by atoms with Crippen LogP contribution in [0.15, 0.2) is 0 Å². The summed E-state index contributed by atoms with van der Waals surface area (Å²) in [4.78, 5) is 0. The van der Waals surface area contributed by atoms with Crippen molar-refractivity contribution in [2.24, 2.45) is 0 Å². The molecule has 0 atom stereocenters. The Morgan fingerprint density at radius 3 is 1.00 bits per heavy atom. The zero-order chi connectivity index (χ0) is 10.4. The molecule has 5 heteroatoms. The quantitative estimate of drug-likeness (QED) is 0.651. The van der Waals surface area contributed by atoms with Crippen molar-refractivity contribution in [2.75, 3.05) is 0 Å². The van der Waals surface area contributed by atoms with E-state index in [1.165, 1.54) is 0 Å². The van der Waals surface area contributed by atoms with Gasteiger partial charge >= 0.3 is 91.2 Å². The summed E-state index contributed by atoms with van der Waals surface area (Å²) < 4.78 is 16.9. The van der Waals surface area contributed by atoms with Crippen LogP contribution in [0.1, 0.15) is 41.5 Å². The summed E-state index contributed by atoms with van der Waals surface area (Å²) in [5, 5.41) is 0. The predicted octanol–water partition coefficient (Wildman–Crippen LogP) is 3.05. The van der Waals surface area contributed by atoms with E-state index in [0.717, 1.165) is 0 Å². The van der Waals surface area contributed by atoms with Gasteiger partial charge < -0.3 is 0 Å². The zero-order valence-corrected chi connectivity index (χ0v) is 14.3. The van der Waals surface area contributed by atoms with Gasteiger partial charge in [-0.05, 0) is 0 Å². The van der Waals surface area contributed by atoms with E-state index in [-0.39, 0.29) is 30.7 Å². The first kappa shape index (κ1) is 17.4. The van der Waals surface area contributed by atoms with Gasteiger partial charge in [-0.15, -0.1) is 12.4 Å². The molecule has 0 amide bonds. The molecule has 0 saturated carbocycles. The Morgan fingerprint density at radius 1 is 0.643 bits per heavy atom. The normalized spacial score (nSPS) is 10.9. The minimum atomic E-state index is -2.64. The van der Waals surface area contributed by atoms with Crippen molar-refractivity contribution in [3.63, 3.8) is 0 Å². The number of halogens is 1. The third-order valence-electron chi connectivity index (χ3n) is 0.996. The van der Waals surface area contributed by atoms with Crippen molar-refractivity contribution in [3.05, 3.63) is 0 Å². The Labute approximate surface area is 103 Å². The van der Waals surface area contributed by atoms with E-state index in [2.05, 4.69) is 0 Å². The maximum Gasteiger partial charge on any atom is -0.147 e. The van der Waals surface area contributed by atoms with Crippen LogP contribution < -0.4 is 0 Å². The fraction of sp³-hybridized carbons (Fsp3) is 1.00. The molecule has 87 valence electrons. The van der Waals surface area contributed by atoms with Crippen molar-refractivity contribution >= 4 is 12.4 Å². The number of rotatable bonds is 6. The Bertz CT molecular complexity index is 107. The molecule has 0 bridgehead atoms. The molecule has 0 heterocycles. The van der Waals surface area contributed by atoms with Crippen molar-refractivity contribution in [2.45, 2.75) is 59.9 Å². The zero-order valence-electron chi connectivity index (χ0n) is 9.87. The van der Waals surface area contributed by atoms with Gasteiger partial charge in [0, 0.05) is 0 Å². The summed E-state index contributed by atoms with van der Waals surface area (Å²) in [7, 11) is 0. The molecular weight excluding hydrogens is 370 g/mol. The molecule has 0 spiro atoms. The van der Waals surface area contributed by atoms with Crippen LogP contribution in [0.3, 0.4) is 0 Å². The average molecular weight is 392 g/mol. The standard InChI is InChI=1S/3C3H7O.ClH.Hf/c3*1-3(2)4;;/h3*3H,1-2H3;1H;/q3*-1;;+3. The van der Waals surface area contributed by atoms with Gasteiger partial charge in [-0.25, -0.2) is 0 Å². The first-order chi connectivity index (χ1) is 5.91. The molecule has 3 nitrogen and oxygen atoms in total. The summed E-state index contributed by atoms with van der Waals surface area (Å²) in [6.07, 6.45) is 0.624. The minimum absolute atomic E-state index is 0. The second-order valence-corrected chi connectivity index (χ2v) is 8.09. The second-order valence-electron chi connectivity index (χ2n) is 3.75. The summed E-state index contributed by atoms with van der Waals surface area (Å²) >= 11 is -2.64. The van der Waals surface area contributed by atoms with E-state index in [1.54, 1.807) is 0 Å². The van der Waals surface area contributed by atoms with Crippen molar-refractivity contribution in [1.29, 1.82) is 0 Å². The molecular formula is C9H22ClHfO3. The van der Waals surface area contributed by atoms with Gasteiger partial charge in [0.2, 0.25) is 0 Å². The van der Waals surface area contributed by atoms with Gasteiger partial charge in [-0.2, -0.15) is 0 Å². The molecule has 0 saturated heterocycles. The Kier molecular flexibility index (Phi) is 11.6. The smallest absolute Gasteiger partial charge is 0.147 e. The van der Waals surface area contributed by atoms with Crippen molar-refractivity contribution in [1.82, 2.24) is 0 Å². The van der Waals surface area contributed by atoms with E-state index >= 15 is 0 Å². The second kappa shape index (κ2) is 9.28. The van der Waals surface area contributed by atoms with E-state index < -0.39 is 22.7 Å². The molecule has 0 fully saturated rings. The first-order valence-electron chi connectivity index (χ1n) is 4.78. The van der Waals surface area contributed by atoms with Gasteiger partial charge in [-0.3, -0.25) is 0 Å². The van der Waals surface area contributed by atoms with Gasteiger partial charge in [0.05, 0.1) is 0 Å². The van der Waals surface area contributed by atoms with Crippen LogP contribution in [0.4, 0.5) is 0 Å². The Balaban J connectivity index is 0. The largest absolute Gasteiger partial charge is 0.147 e. The van der Waals surface area contributed by atoms with Crippen LogP contribution in [0.25, 0.3) is 0 Å². The van der Waals surface area contributed by atoms with Crippen LogP contribution in [-0.4, -0.2) is 18.3 Å². The Morgan fingerprint density at radius 2 is 0.857 bits per heavy atom. The van der Waals surface area contributed by atoms with Crippen LogP contribution in [-0.2, 0) is 31.3 Å². The SMILES string of the molecule is CC(C)[O][Hf]([O]C(C)C)[O]C(C)C.Cl. The maximum atomic E-state index is 5.64. The summed E-state index contributed by atoms with van der Waals surface area (Å²) in [6, 6.07) is 0. The molecule has 14 heavy (non-hydrogen) atoms. The maximum absolute atomic E-state index is 5.64. The number of hydrogen-bond acceptors (Lipinski definition) is 3. The van der Waals surface area contributed by atoms with Gasteiger partial charge in [0.15, 0.2) is 0 Å². The van der Waals surface area contributed by atoms with Crippen LogP contribution >= 0.6 is 12.4 Å². The average Bonchev–Trinajstić information content (AvgIpc) is 1.80. The molecule has 0 aromatic rings. The third kappa shape index (κ3) is 11.1. The fourth-order valence-corrected chi connectivity index (χ4v) is 5.41. The molecule has 0 radical (unpaired) electrons. The van der Waals surface area contributed by atoms with Gasteiger partial charge in [-0.1, -0.05) is 0 Å². The molecule has 0 N–H and O–H groups in total. The molecule has 0 aliphatic carbocycles. The third-order valence-corrected chi connectivity index (χ3v) is 8.15. The topological polar surface area (TPSA) is 27.7 Å².